The number of likely N-dealkylation sites (N-methyl/N-ethyl adjacent to an activating group) is 1. The molecule has 0 saturated carbocycles. The number of nitrogens with zero attached hydrogens (tertiary/aromatic N) is 4. The number of hydrogen-bond donors (Lipinski definition) is 0. The third-order valence-electron chi connectivity index (χ3n) is 7.40. The number of esters is 1. The Labute approximate surface area is 285 Å². The molecule has 9 nitrogen and oxygen atoms in total. The zero-order valence-corrected chi connectivity index (χ0v) is 27.2. The first-order chi connectivity index (χ1) is 23.8. The number of ether oxygens (including phenoxy) is 4. The van der Waals surface area contributed by atoms with E-state index in [1.165, 1.54) is 37.1 Å². The molecule has 0 fully saturated rings. The lowest BCUT2D eigenvalue weighted by molar-refractivity contribution is 0.0596. The molecule has 2 heterocycles. The second-order valence-electron chi connectivity index (χ2n) is 10.7. The maximum Gasteiger partial charge on any atom is 0.339 e. The van der Waals surface area contributed by atoms with Crippen LogP contribution in [-0.2, 0) is 11.3 Å². The van der Waals surface area contributed by atoms with Crippen LogP contribution < -0.4 is 14.2 Å². The first kappa shape index (κ1) is 33.0. The Kier molecular flexibility index (Phi) is 10.0. The van der Waals surface area contributed by atoms with Gasteiger partial charge in [0, 0.05) is 29.4 Å². The lowest BCUT2D eigenvalue weighted by atomic mass is 10.1. The molecule has 0 spiro atoms. The van der Waals surface area contributed by atoms with Gasteiger partial charge in [0.15, 0.2) is 17.3 Å². The predicted octanol–water partition coefficient (Wildman–Crippen LogP) is 8.02. The van der Waals surface area contributed by atoms with E-state index in [1.54, 1.807) is 36.4 Å². The van der Waals surface area contributed by atoms with Gasteiger partial charge in [0.2, 0.25) is 11.6 Å². The Hall–Kier alpha value is -5.93. The highest BCUT2D eigenvalue weighted by Crippen LogP contribution is 2.40. The summed E-state index contributed by atoms with van der Waals surface area (Å²) in [5, 5.41) is 9.47. The maximum atomic E-state index is 16.0. The molecule has 0 amide bonds. The zero-order chi connectivity index (χ0) is 34.3. The van der Waals surface area contributed by atoms with E-state index in [-0.39, 0.29) is 29.4 Å². The third-order valence-corrected chi connectivity index (χ3v) is 8.46. The van der Waals surface area contributed by atoms with Gasteiger partial charge in [0.25, 0.3) is 5.88 Å². The largest absolute Gasteiger partial charge is 0.485 e. The number of hydrogen-bond acceptors (Lipinski definition) is 10. The number of methoxy groups -OCH3 is 1. The molecule has 12 heteroatoms. The third kappa shape index (κ3) is 7.47. The number of benzene rings is 4. The lowest BCUT2D eigenvalue weighted by Crippen LogP contribution is -2.24. The van der Waals surface area contributed by atoms with Crippen LogP contribution in [0.4, 0.5) is 8.78 Å². The van der Waals surface area contributed by atoms with Crippen LogP contribution in [0.3, 0.4) is 0 Å². The fourth-order valence-corrected chi connectivity index (χ4v) is 5.92. The molecule has 0 atom stereocenters. The second-order valence-corrected chi connectivity index (χ2v) is 11.8. The summed E-state index contributed by atoms with van der Waals surface area (Å²) in [5.74, 6) is -3.13. The van der Waals surface area contributed by atoms with E-state index in [1.807, 2.05) is 54.4 Å². The molecule has 0 N–H and O–H groups in total. The van der Waals surface area contributed by atoms with Crippen molar-refractivity contribution < 1.29 is 32.5 Å². The Balaban J connectivity index is 1.32. The van der Waals surface area contributed by atoms with Crippen molar-refractivity contribution in [2.24, 2.45) is 4.99 Å². The van der Waals surface area contributed by atoms with Crippen LogP contribution in [0.15, 0.2) is 112 Å². The van der Waals surface area contributed by atoms with Gasteiger partial charge >= 0.3 is 5.97 Å². The van der Waals surface area contributed by atoms with Crippen LogP contribution in [0.1, 0.15) is 27.0 Å². The van der Waals surface area contributed by atoms with Gasteiger partial charge < -0.3 is 23.8 Å². The molecule has 0 unspecified atom stereocenters. The minimum atomic E-state index is -1.20. The van der Waals surface area contributed by atoms with Crippen molar-refractivity contribution in [3.8, 4) is 34.9 Å². The summed E-state index contributed by atoms with van der Waals surface area (Å²) in [5.41, 5.74) is 2.00. The standard InChI is InChI=1S/C37H28F2N4O5S/c1-43-17-16-41-35(43)27-19-25(49-32-11-7-6-10-26(32)37(44)45-2)13-15-29(27)47-34-28(38)21-42-36(33(34)39)48-31-18-24(20-40)12-14-30(31)46-22-23-8-4-3-5-9-23/h3-15,18-19,21H,16-17,22H2,1-2H3. The molecule has 0 aliphatic carbocycles. The van der Waals surface area contributed by atoms with Crippen LogP contribution in [0.2, 0.25) is 0 Å². The maximum absolute atomic E-state index is 16.0. The van der Waals surface area contributed by atoms with E-state index in [2.05, 4.69) is 9.98 Å². The Morgan fingerprint density at radius 2 is 1.73 bits per heavy atom. The SMILES string of the molecule is COC(=O)c1ccccc1Sc1ccc(Oc2c(F)cnc(Oc3cc(C#N)ccc3OCc3ccccc3)c2F)c(C2=NCCN2C)c1. The van der Waals surface area contributed by atoms with Crippen LogP contribution in [0.5, 0.6) is 28.9 Å². The number of aromatic nitrogens is 1. The highest BCUT2D eigenvalue weighted by molar-refractivity contribution is 7.99. The number of amidine groups is 1. The number of aliphatic imine (C=N–C) groups is 1. The summed E-state index contributed by atoms with van der Waals surface area (Å²) in [6, 6.07) is 28.0. The second kappa shape index (κ2) is 14.9. The van der Waals surface area contributed by atoms with Crippen molar-refractivity contribution in [3.63, 3.8) is 0 Å². The Morgan fingerprint density at radius 3 is 2.49 bits per heavy atom. The van der Waals surface area contributed by atoms with Gasteiger partial charge in [-0.3, -0.25) is 4.99 Å². The monoisotopic (exact) mass is 678 g/mol. The fourth-order valence-electron chi connectivity index (χ4n) is 4.94. The molecule has 1 aliphatic heterocycles. The van der Waals surface area contributed by atoms with Gasteiger partial charge in [-0.15, -0.1) is 0 Å². The molecule has 4 aromatic carbocycles. The van der Waals surface area contributed by atoms with Gasteiger partial charge in [-0.2, -0.15) is 9.65 Å². The summed E-state index contributed by atoms with van der Waals surface area (Å²) in [4.78, 5) is 24.1. The first-order valence-electron chi connectivity index (χ1n) is 15.0. The minimum Gasteiger partial charge on any atom is -0.485 e. The average Bonchev–Trinajstić information content (AvgIpc) is 3.56. The van der Waals surface area contributed by atoms with E-state index in [0.717, 1.165) is 16.7 Å². The number of carbonyl (C=O) groups excluding carboxylic acids is 1. The quantitative estimate of drug-likeness (QED) is 0.128. The molecule has 1 aromatic heterocycles. The first-order valence-corrected chi connectivity index (χ1v) is 15.8. The highest BCUT2D eigenvalue weighted by atomic mass is 32.2. The van der Waals surface area contributed by atoms with Crippen molar-refractivity contribution in [1.29, 1.82) is 5.26 Å². The molecular formula is C37H28F2N4O5S. The number of carbonyl (C=O) groups is 1. The van der Waals surface area contributed by atoms with E-state index >= 15 is 8.78 Å². The predicted molar refractivity (Wildman–Crippen MR) is 179 cm³/mol. The minimum absolute atomic E-state index is 0.00942. The van der Waals surface area contributed by atoms with Crippen LogP contribution >= 0.6 is 11.8 Å². The van der Waals surface area contributed by atoms with E-state index in [9.17, 15) is 10.1 Å². The van der Waals surface area contributed by atoms with Crippen molar-refractivity contribution >= 4 is 23.6 Å². The molecule has 246 valence electrons. The topological polar surface area (TPSA) is 106 Å². The highest BCUT2D eigenvalue weighted by Gasteiger charge is 2.25. The van der Waals surface area contributed by atoms with E-state index in [0.29, 0.717) is 34.9 Å². The average molecular weight is 679 g/mol. The number of rotatable bonds is 11. The smallest absolute Gasteiger partial charge is 0.339 e. The van der Waals surface area contributed by atoms with Gasteiger partial charge in [-0.1, -0.05) is 54.2 Å². The van der Waals surface area contributed by atoms with Crippen molar-refractivity contribution in [2.45, 2.75) is 16.4 Å². The summed E-state index contributed by atoms with van der Waals surface area (Å²) >= 11 is 1.32. The molecule has 0 radical (unpaired) electrons. The van der Waals surface area contributed by atoms with Gasteiger partial charge in [-0.05, 0) is 48.0 Å². The van der Waals surface area contributed by atoms with Crippen LogP contribution in [0.25, 0.3) is 0 Å². The Bertz CT molecular complexity index is 2090. The summed E-state index contributed by atoms with van der Waals surface area (Å²) in [6.07, 6.45) is 0.791. The molecule has 5 aromatic rings. The summed E-state index contributed by atoms with van der Waals surface area (Å²) < 4.78 is 53.8. The molecule has 49 heavy (non-hydrogen) atoms. The van der Waals surface area contributed by atoms with Gasteiger partial charge in [0.05, 0.1) is 42.6 Å². The van der Waals surface area contributed by atoms with E-state index < -0.39 is 29.2 Å². The molecule has 0 bridgehead atoms. The molecule has 6 rings (SSSR count). The van der Waals surface area contributed by atoms with E-state index in [4.69, 9.17) is 18.9 Å². The van der Waals surface area contributed by atoms with Gasteiger partial charge in [0.1, 0.15) is 18.2 Å². The molecule has 0 saturated heterocycles. The van der Waals surface area contributed by atoms with Gasteiger partial charge in [-0.25, -0.2) is 14.2 Å². The van der Waals surface area contributed by atoms with Crippen molar-refractivity contribution in [2.75, 3.05) is 27.2 Å². The fraction of sp³-hybridized carbons (Fsp3) is 0.135. The van der Waals surface area contributed by atoms with Crippen molar-refractivity contribution in [3.05, 3.63) is 131 Å². The number of halogens is 2. The summed E-state index contributed by atoms with van der Waals surface area (Å²) in [6.45, 7) is 1.35. The summed E-state index contributed by atoms with van der Waals surface area (Å²) in [7, 11) is 3.17. The normalized spacial score (nSPS) is 12.2. The zero-order valence-electron chi connectivity index (χ0n) is 26.4. The Morgan fingerprint density at radius 1 is 0.959 bits per heavy atom. The molecular weight excluding hydrogens is 650 g/mol. The number of pyridine rings is 1. The van der Waals surface area contributed by atoms with Crippen LogP contribution in [-0.4, -0.2) is 48.9 Å². The number of nitriles is 1. The molecule has 1 aliphatic rings. The lowest BCUT2D eigenvalue weighted by Gasteiger charge is -2.19. The van der Waals surface area contributed by atoms with Crippen molar-refractivity contribution in [1.82, 2.24) is 9.88 Å². The van der Waals surface area contributed by atoms with Crippen LogP contribution in [0, 0.1) is 23.0 Å².